The fourth-order valence-electron chi connectivity index (χ4n) is 18.1. The van der Waals surface area contributed by atoms with Gasteiger partial charge in [0.2, 0.25) is 11.9 Å². The molecule has 145 heavy (non-hydrogen) atoms. The van der Waals surface area contributed by atoms with Gasteiger partial charge in [0.25, 0.3) is 27.8 Å². The molecule has 5 N–H and O–H groups in total. The van der Waals surface area contributed by atoms with Gasteiger partial charge in [-0.1, -0.05) is 66.7 Å². The van der Waals surface area contributed by atoms with Crippen LogP contribution in [0.25, 0.3) is 193 Å². The van der Waals surface area contributed by atoms with E-state index in [9.17, 15) is 32.8 Å². The van der Waals surface area contributed by atoms with Crippen molar-refractivity contribution in [3.63, 3.8) is 0 Å². The molecule has 0 fully saturated rings. The van der Waals surface area contributed by atoms with Crippen LogP contribution in [-0.2, 0) is 14.1 Å². The summed E-state index contributed by atoms with van der Waals surface area (Å²) >= 11 is 0. The Balaban J connectivity index is 0.000000107. The lowest BCUT2D eigenvalue weighted by Gasteiger charge is -2.14. The van der Waals surface area contributed by atoms with Crippen molar-refractivity contribution in [2.24, 2.45) is 14.1 Å². The minimum absolute atomic E-state index is 0.0551. The minimum atomic E-state index is -0.503. The molecule has 29 nitrogen and oxygen atoms in total. The second kappa shape index (κ2) is 38.5. The van der Waals surface area contributed by atoms with Gasteiger partial charge < -0.3 is 20.9 Å². The van der Waals surface area contributed by atoms with Crippen LogP contribution in [0.1, 0.15) is 16.7 Å². The van der Waals surface area contributed by atoms with Crippen molar-refractivity contribution in [1.29, 1.82) is 0 Å². The SMILES string of the molecule is COc1cc(-n2c(=O)ccc3cnc4ccc(-c5cnc(N)nc5)cc4c32)ccc1F.COc1cc(-n2c(=O)ccc3cnc4ccc(-c5cnn(C)c5)cc4c32)ccc1F.Cc1cccc(-n2c(=O)ccc3cnc4ccc(-c5cn[nH]c5)cc4c32)c1.Cc1cccc(-n2c(=O)ccc3cnc4ccc(-c5cnc(N)nc5)cc4c32)c1.Cc1cccc(-n2c(=O)ccc3cnc4ccc(-c5cnn(C)c5)cc4c32)c1. The van der Waals surface area contributed by atoms with Gasteiger partial charge in [0.1, 0.15) is 0 Å². The van der Waals surface area contributed by atoms with Crippen molar-refractivity contribution < 1.29 is 18.3 Å². The number of nitrogens with two attached hydrogens (primary N) is 2. The summed E-state index contributed by atoms with van der Waals surface area (Å²) in [4.78, 5) is 104. The van der Waals surface area contributed by atoms with Gasteiger partial charge >= 0.3 is 0 Å². The van der Waals surface area contributed by atoms with Crippen molar-refractivity contribution in [1.82, 2.24) is 97.4 Å². The number of hydrogen-bond acceptors (Lipinski definition) is 21. The predicted molar refractivity (Wildman–Crippen MR) is 564 cm³/mol. The van der Waals surface area contributed by atoms with E-state index in [0.29, 0.717) is 27.9 Å². The summed E-state index contributed by atoms with van der Waals surface area (Å²) in [6, 6.07) is 79.0. The van der Waals surface area contributed by atoms with Crippen LogP contribution in [-0.4, -0.2) is 112 Å². The molecule has 0 atom stereocenters. The van der Waals surface area contributed by atoms with Crippen LogP contribution in [0.3, 0.4) is 0 Å². The monoisotopic (exact) mass is 1910 g/mol. The predicted octanol–water partition coefficient (Wildman–Crippen LogP) is 20.2. The molecule has 0 unspecified atom stereocenters. The average molecular weight is 1910 g/mol. The fraction of sp³-hybridized carbons (Fsp3) is 0.0614. The Morgan fingerprint density at radius 2 is 0.552 bits per heavy atom. The summed E-state index contributed by atoms with van der Waals surface area (Å²) in [5.74, 6) is -0.437. The largest absolute Gasteiger partial charge is 0.494 e. The summed E-state index contributed by atoms with van der Waals surface area (Å²) in [6.45, 7) is 6.06. The molecule has 0 amide bonds. The molecule has 706 valence electrons. The van der Waals surface area contributed by atoms with Crippen LogP contribution in [0.15, 0.2) is 378 Å². The summed E-state index contributed by atoms with van der Waals surface area (Å²) < 4.78 is 50.1. The number of ether oxygens (including phenoxy) is 2. The first-order valence-corrected chi connectivity index (χ1v) is 45.8. The number of anilines is 2. The Labute approximate surface area is 821 Å². The molecular weight excluding hydrogens is 1830 g/mol. The summed E-state index contributed by atoms with van der Waals surface area (Å²) in [7, 11) is 6.54. The molecular formula is C114H84F2N22O7. The number of hydrogen-bond donors (Lipinski definition) is 3. The Bertz CT molecular complexity index is 9790. The molecule has 25 rings (SSSR count). The first kappa shape index (κ1) is 91.6. The lowest BCUT2D eigenvalue weighted by molar-refractivity contribution is 0.386. The van der Waals surface area contributed by atoms with Crippen molar-refractivity contribution in [3.8, 4) is 95.6 Å². The van der Waals surface area contributed by atoms with E-state index in [0.717, 1.165) is 182 Å². The maximum Gasteiger partial charge on any atom is 0.255 e. The minimum Gasteiger partial charge on any atom is -0.494 e. The van der Waals surface area contributed by atoms with Crippen LogP contribution in [0.5, 0.6) is 11.5 Å². The quantitative estimate of drug-likeness (QED) is 0.0956. The van der Waals surface area contributed by atoms with Gasteiger partial charge in [0, 0.05) is 230 Å². The first-order valence-electron chi connectivity index (χ1n) is 45.8. The molecule has 0 aliphatic heterocycles. The fourth-order valence-corrected chi connectivity index (χ4v) is 18.1. The van der Waals surface area contributed by atoms with Gasteiger partial charge in [0.15, 0.2) is 23.1 Å². The third-order valence-corrected chi connectivity index (χ3v) is 25.1. The van der Waals surface area contributed by atoms with E-state index >= 15 is 0 Å². The molecule has 0 spiro atoms. The number of fused-ring (bicyclic) bond motifs is 15. The Kier molecular flexibility index (Phi) is 24.3. The van der Waals surface area contributed by atoms with Gasteiger partial charge in [0.05, 0.1) is 99.4 Å². The highest BCUT2D eigenvalue weighted by Crippen LogP contribution is 2.38. The van der Waals surface area contributed by atoms with E-state index in [4.69, 9.17) is 20.9 Å². The zero-order valence-corrected chi connectivity index (χ0v) is 78.8. The van der Waals surface area contributed by atoms with Gasteiger partial charge in [-0.3, -0.25) is 86.2 Å². The van der Waals surface area contributed by atoms with Gasteiger partial charge in [-0.05, 0) is 217 Å². The van der Waals surface area contributed by atoms with E-state index in [2.05, 4.69) is 77.4 Å². The molecule has 0 saturated carbocycles. The zero-order valence-electron chi connectivity index (χ0n) is 78.8. The molecule has 15 aromatic heterocycles. The number of nitrogens with zero attached hydrogens (tertiary/aromatic N) is 19. The molecule has 25 aromatic rings. The number of nitrogen functional groups attached to an aromatic ring is 2. The molecule has 15 heterocycles. The van der Waals surface area contributed by atoms with Crippen LogP contribution in [0, 0.1) is 32.4 Å². The number of rotatable bonds is 12. The van der Waals surface area contributed by atoms with E-state index in [-0.39, 0.29) is 51.2 Å². The maximum absolute atomic E-state index is 14.0. The highest BCUT2D eigenvalue weighted by Gasteiger charge is 2.22. The Hall–Kier alpha value is -19.9. The molecule has 31 heteroatoms. The molecule has 0 radical (unpaired) electrons. The van der Waals surface area contributed by atoms with Crippen molar-refractivity contribution >= 4 is 121 Å². The lowest BCUT2D eigenvalue weighted by Crippen LogP contribution is -2.18. The lowest BCUT2D eigenvalue weighted by atomic mass is 10.0. The van der Waals surface area contributed by atoms with E-state index in [1.54, 1.807) is 126 Å². The number of halogens is 2. The van der Waals surface area contributed by atoms with Crippen LogP contribution in [0.4, 0.5) is 20.7 Å². The third-order valence-electron chi connectivity index (χ3n) is 25.1. The van der Waals surface area contributed by atoms with Crippen LogP contribution >= 0.6 is 0 Å². The first-order chi connectivity index (χ1) is 70.5. The second-order valence-corrected chi connectivity index (χ2v) is 34.6. The Morgan fingerprint density at radius 3 is 0.807 bits per heavy atom. The van der Waals surface area contributed by atoms with Crippen LogP contribution in [0.2, 0.25) is 0 Å². The molecule has 0 bridgehead atoms. The smallest absolute Gasteiger partial charge is 0.255 e. The number of methoxy groups -OCH3 is 2. The van der Waals surface area contributed by atoms with Crippen molar-refractivity contribution in [3.05, 3.63) is 434 Å². The molecule has 0 aliphatic carbocycles. The Morgan fingerprint density at radius 1 is 0.276 bits per heavy atom. The molecule has 0 saturated heterocycles. The maximum atomic E-state index is 14.0. The number of pyridine rings is 10. The number of aromatic nitrogens is 20. The summed E-state index contributed by atoms with van der Waals surface area (Å²) in [6.07, 6.45) is 26.7. The van der Waals surface area contributed by atoms with Crippen molar-refractivity contribution in [2.75, 3.05) is 25.7 Å². The van der Waals surface area contributed by atoms with Gasteiger partial charge in [-0.2, -0.15) is 15.3 Å². The number of aromatic amines is 1. The number of aryl methyl sites for hydroxylation is 5. The second-order valence-electron chi connectivity index (χ2n) is 34.6. The topological polar surface area (TPSA) is 361 Å². The average Bonchev–Trinajstić information content (AvgIpc) is 1.29. The normalized spacial score (nSPS) is 11.3. The number of benzene rings is 10. The molecule has 10 aromatic carbocycles. The number of H-pyrrole nitrogens is 1. The van der Waals surface area contributed by atoms with E-state index in [1.165, 1.54) is 55.2 Å². The van der Waals surface area contributed by atoms with Gasteiger partial charge in [-0.25, -0.2) is 28.7 Å². The van der Waals surface area contributed by atoms with Crippen LogP contribution < -0.4 is 48.7 Å². The molecule has 0 aliphatic rings. The highest BCUT2D eigenvalue weighted by atomic mass is 19.1. The number of nitrogens with one attached hydrogen (secondary N) is 1. The summed E-state index contributed by atoms with van der Waals surface area (Å²) in [5, 5.41) is 24.0. The standard InChI is InChI=1S/C23H16FN5O2.C23H17FN4O2.C23H17N5O.C23H18N4O.C22H16N4O/c1-31-20-9-16(4-5-18(20)24)29-21(30)7-3-14-10-26-19-6-2-13(8-17(19)22(14)29)15-11-27-23(25)28-12-15;1-27-13-16(12-26-27)14-3-7-20-18(9-14)23-15(11-25-20)4-8-22(29)28(23)17-5-6-19(24)21(10-17)30-2;1-14-3-2-4-18(9-14)28-21(29)8-6-16-11-25-20-7-5-15(10-19(20)22(16)28)17-12-26-23(24)27-13-17;1-15-4-3-5-19(10-15)27-22(28)9-7-17-12-24-21-8-6-16(11-20(21)23(17)27)18-13-25-26(2)14-18;1-14-3-2-4-18(9-14)26-21(27)8-6-16-11-23-20-7-5-15(10-19(20)22(16)26)17-12-24-25-13-17/h2-12H,1H3,(H2,25,27,28);3-13H,1-2H3;2-13H,1H3,(H2,24,26,27);3-14H,1-2H3;2-13H,1H3,(H,24,25). The zero-order chi connectivity index (χ0) is 100.0. The third kappa shape index (κ3) is 18.1. The van der Waals surface area contributed by atoms with E-state index in [1.807, 2.05) is 242 Å². The van der Waals surface area contributed by atoms with Gasteiger partial charge in [-0.15, -0.1) is 0 Å². The summed E-state index contributed by atoms with van der Waals surface area (Å²) in [5.41, 5.74) is 34.7. The highest BCUT2D eigenvalue weighted by molar-refractivity contribution is 6.10. The van der Waals surface area contributed by atoms with Crippen molar-refractivity contribution in [2.45, 2.75) is 20.8 Å². The van der Waals surface area contributed by atoms with E-state index < -0.39 is 11.6 Å².